The van der Waals surface area contributed by atoms with Gasteiger partial charge >= 0.3 is 5.97 Å². The molecule has 0 amide bonds. The molecule has 0 aliphatic rings. The molecule has 0 aliphatic heterocycles. The largest absolute Gasteiger partial charge is 0.478 e. The predicted molar refractivity (Wildman–Crippen MR) is 116 cm³/mol. The highest BCUT2D eigenvalue weighted by Gasteiger charge is 2.15. The Labute approximate surface area is 171 Å². The number of carbonyl (C=O) groups is 1. The van der Waals surface area contributed by atoms with Crippen LogP contribution in [0.15, 0.2) is 42.5 Å². The monoisotopic (exact) mass is 384 g/mol. The number of aromatic nitrogens is 1. The summed E-state index contributed by atoms with van der Waals surface area (Å²) in [5.41, 5.74) is 9.38. The zero-order valence-electron chi connectivity index (χ0n) is 17.4. The molecule has 0 radical (unpaired) electrons. The molecule has 1 heterocycles. The Bertz CT molecular complexity index is 1150. The first-order valence-corrected chi connectivity index (χ1v) is 9.45. The molecular formula is C25H24N2O2. The van der Waals surface area contributed by atoms with Gasteiger partial charge in [-0.25, -0.2) is 4.79 Å². The van der Waals surface area contributed by atoms with Crippen molar-refractivity contribution in [2.75, 3.05) is 0 Å². The summed E-state index contributed by atoms with van der Waals surface area (Å²) in [7, 11) is 0. The number of nitriles is 1. The number of carboxylic acids is 1. The van der Waals surface area contributed by atoms with Crippen LogP contribution in [-0.2, 0) is 0 Å². The van der Waals surface area contributed by atoms with Gasteiger partial charge < -0.3 is 9.67 Å². The lowest BCUT2D eigenvalue weighted by Gasteiger charge is -2.17. The molecule has 0 saturated heterocycles. The molecule has 4 heteroatoms. The van der Waals surface area contributed by atoms with Crippen LogP contribution in [0.1, 0.15) is 49.6 Å². The molecule has 1 aromatic heterocycles. The van der Waals surface area contributed by atoms with Crippen molar-refractivity contribution in [1.29, 1.82) is 5.26 Å². The summed E-state index contributed by atoms with van der Waals surface area (Å²) in [5.74, 6) is -0.980. The number of benzene rings is 2. The number of carboxylic acid groups (broad SMARTS) is 1. The maximum atomic E-state index is 11.1. The fourth-order valence-corrected chi connectivity index (χ4v) is 3.93. The Morgan fingerprint density at radius 1 is 0.966 bits per heavy atom. The van der Waals surface area contributed by atoms with E-state index in [9.17, 15) is 10.1 Å². The van der Waals surface area contributed by atoms with Crippen molar-refractivity contribution in [3.8, 4) is 11.8 Å². The van der Waals surface area contributed by atoms with Crippen LogP contribution in [0.2, 0.25) is 0 Å². The Morgan fingerprint density at radius 3 is 2.03 bits per heavy atom. The fraction of sp³-hybridized carbons (Fsp3) is 0.200. The van der Waals surface area contributed by atoms with Crippen LogP contribution in [0.5, 0.6) is 0 Å². The van der Waals surface area contributed by atoms with Crippen LogP contribution in [0.4, 0.5) is 0 Å². The molecule has 1 N–H and O–H groups in total. The summed E-state index contributed by atoms with van der Waals surface area (Å²) in [5, 5.41) is 18.7. The van der Waals surface area contributed by atoms with Crippen LogP contribution in [-0.4, -0.2) is 15.6 Å². The van der Waals surface area contributed by atoms with Crippen molar-refractivity contribution in [3.05, 3.63) is 87.2 Å². The minimum atomic E-state index is -0.980. The third kappa shape index (κ3) is 3.86. The Kier molecular flexibility index (Phi) is 5.43. The molecule has 2 aromatic carbocycles. The van der Waals surface area contributed by atoms with Crippen molar-refractivity contribution < 1.29 is 9.90 Å². The van der Waals surface area contributed by atoms with Crippen molar-refractivity contribution in [1.82, 2.24) is 4.57 Å². The minimum absolute atomic E-state index is 0.203. The molecule has 0 saturated carbocycles. The van der Waals surface area contributed by atoms with E-state index in [1.165, 1.54) is 34.5 Å². The molecule has 4 nitrogen and oxygen atoms in total. The van der Waals surface area contributed by atoms with Crippen molar-refractivity contribution in [2.24, 2.45) is 0 Å². The standard InChI is InChI=1S/C25H24N2O2/c1-15-10-16(2)24(17(3)11-15)27-18(4)12-22(19(27)5)13-23(14-26)20-6-8-21(9-7-20)25(28)29/h6-13H,1-5H3,(H,28,29)/b23-13-. The highest BCUT2D eigenvalue weighted by molar-refractivity contribution is 5.92. The zero-order valence-corrected chi connectivity index (χ0v) is 17.4. The number of hydrogen-bond donors (Lipinski definition) is 1. The number of aromatic carboxylic acids is 1. The molecule has 0 bridgehead atoms. The number of aryl methyl sites for hydroxylation is 4. The van der Waals surface area contributed by atoms with E-state index in [1.807, 2.05) is 6.08 Å². The van der Waals surface area contributed by atoms with Crippen LogP contribution in [0.3, 0.4) is 0 Å². The SMILES string of the molecule is Cc1cc(C)c(-n2c(C)cc(/C=C(/C#N)c3ccc(C(=O)O)cc3)c2C)c(C)c1. The van der Waals surface area contributed by atoms with Crippen LogP contribution >= 0.6 is 0 Å². The van der Waals surface area contributed by atoms with Gasteiger partial charge in [-0.2, -0.15) is 5.26 Å². The van der Waals surface area contributed by atoms with Gasteiger partial charge in [0.25, 0.3) is 0 Å². The van der Waals surface area contributed by atoms with Crippen molar-refractivity contribution in [2.45, 2.75) is 34.6 Å². The Morgan fingerprint density at radius 2 is 1.52 bits per heavy atom. The summed E-state index contributed by atoms with van der Waals surface area (Å²) in [4.78, 5) is 11.1. The van der Waals surface area contributed by atoms with Gasteiger partial charge in [0, 0.05) is 11.4 Å². The first kappa shape index (κ1) is 20.2. The number of nitrogens with zero attached hydrogens (tertiary/aromatic N) is 2. The molecule has 3 aromatic rings. The summed E-state index contributed by atoms with van der Waals surface area (Å²) < 4.78 is 2.23. The van der Waals surface area contributed by atoms with Gasteiger partial charge in [-0.15, -0.1) is 0 Å². The summed E-state index contributed by atoms with van der Waals surface area (Å²) in [6, 6.07) is 15.1. The highest BCUT2D eigenvalue weighted by atomic mass is 16.4. The van der Waals surface area contributed by atoms with Gasteiger partial charge in [-0.3, -0.25) is 0 Å². The minimum Gasteiger partial charge on any atom is -0.478 e. The summed E-state index contributed by atoms with van der Waals surface area (Å²) in [6.45, 7) is 10.5. The van der Waals surface area contributed by atoms with Gasteiger partial charge in [0.05, 0.1) is 22.9 Å². The lowest BCUT2D eigenvalue weighted by molar-refractivity contribution is 0.0697. The third-order valence-electron chi connectivity index (χ3n) is 5.19. The lowest BCUT2D eigenvalue weighted by atomic mass is 10.0. The smallest absolute Gasteiger partial charge is 0.335 e. The molecule has 0 unspecified atom stereocenters. The van der Waals surface area contributed by atoms with E-state index >= 15 is 0 Å². The van der Waals surface area contributed by atoms with Gasteiger partial charge in [-0.1, -0.05) is 29.8 Å². The predicted octanol–water partition coefficient (Wildman–Crippen LogP) is 5.78. The zero-order chi connectivity index (χ0) is 21.3. The van der Waals surface area contributed by atoms with E-state index in [0.29, 0.717) is 11.1 Å². The van der Waals surface area contributed by atoms with Crippen LogP contribution in [0.25, 0.3) is 17.3 Å². The molecule has 3 rings (SSSR count). The van der Waals surface area contributed by atoms with Crippen LogP contribution < -0.4 is 0 Å². The molecule has 0 atom stereocenters. The van der Waals surface area contributed by atoms with Gasteiger partial charge in [-0.05, 0) is 81.1 Å². The molecule has 146 valence electrons. The van der Waals surface area contributed by atoms with E-state index in [1.54, 1.807) is 12.1 Å². The third-order valence-corrected chi connectivity index (χ3v) is 5.19. The Balaban J connectivity index is 2.10. The average molecular weight is 384 g/mol. The van der Waals surface area contributed by atoms with Crippen molar-refractivity contribution >= 4 is 17.6 Å². The van der Waals surface area contributed by atoms with Crippen molar-refractivity contribution in [3.63, 3.8) is 0 Å². The molecule has 0 aliphatic carbocycles. The maximum Gasteiger partial charge on any atom is 0.335 e. The maximum absolute atomic E-state index is 11.1. The average Bonchev–Trinajstić information content (AvgIpc) is 2.93. The molecule has 29 heavy (non-hydrogen) atoms. The van der Waals surface area contributed by atoms with E-state index in [0.717, 1.165) is 17.0 Å². The number of allylic oxidation sites excluding steroid dienone is 1. The second-order valence-electron chi connectivity index (χ2n) is 7.46. The second-order valence-corrected chi connectivity index (χ2v) is 7.46. The van der Waals surface area contributed by atoms with Gasteiger partial charge in [0.1, 0.15) is 0 Å². The fourth-order valence-electron chi connectivity index (χ4n) is 3.93. The van der Waals surface area contributed by atoms with E-state index < -0.39 is 5.97 Å². The molecular weight excluding hydrogens is 360 g/mol. The van der Waals surface area contributed by atoms with E-state index in [-0.39, 0.29) is 5.56 Å². The summed E-state index contributed by atoms with van der Waals surface area (Å²) in [6.07, 6.45) is 1.87. The topological polar surface area (TPSA) is 66.0 Å². The van der Waals surface area contributed by atoms with Gasteiger partial charge in [0.2, 0.25) is 0 Å². The molecule has 0 fully saturated rings. The van der Waals surface area contributed by atoms with Gasteiger partial charge in [0.15, 0.2) is 0 Å². The Hall–Kier alpha value is -3.58. The molecule has 0 spiro atoms. The van der Waals surface area contributed by atoms with E-state index in [2.05, 4.69) is 63.5 Å². The first-order valence-electron chi connectivity index (χ1n) is 9.45. The summed E-state index contributed by atoms with van der Waals surface area (Å²) >= 11 is 0. The second kappa shape index (κ2) is 7.81. The van der Waals surface area contributed by atoms with Crippen LogP contribution in [0, 0.1) is 45.9 Å². The quantitative estimate of drug-likeness (QED) is 0.580. The number of hydrogen-bond acceptors (Lipinski definition) is 2. The normalized spacial score (nSPS) is 11.4. The lowest BCUT2D eigenvalue weighted by Crippen LogP contribution is -2.04. The highest BCUT2D eigenvalue weighted by Crippen LogP contribution is 2.29. The van der Waals surface area contributed by atoms with E-state index in [4.69, 9.17) is 5.11 Å². The number of rotatable bonds is 4. The first-order chi connectivity index (χ1) is 13.7.